The second-order valence-corrected chi connectivity index (χ2v) is 7.70. The summed E-state index contributed by atoms with van der Waals surface area (Å²) in [6.45, 7) is 4.68. The average Bonchev–Trinajstić information content (AvgIpc) is 2.60. The number of hydrogen-bond acceptors (Lipinski definition) is 4. The molecule has 1 fully saturated rings. The lowest BCUT2D eigenvalue weighted by atomic mass is 9.80. The zero-order valence-electron chi connectivity index (χ0n) is 16.0. The van der Waals surface area contributed by atoms with Crippen LogP contribution in [0.15, 0.2) is 0 Å². The summed E-state index contributed by atoms with van der Waals surface area (Å²) in [7, 11) is 2.09. The molecule has 1 aliphatic heterocycles. The Hall–Kier alpha value is -0.610. The van der Waals surface area contributed by atoms with Gasteiger partial charge in [-0.3, -0.25) is 4.79 Å². The molecule has 1 saturated heterocycles. The number of esters is 1. The van der Waals surface area contributed by atoms with Crippen LogP contribution in [0.3, 0.4) is 0 Å². The van der Waals surface area contributed by atoms with Crippen molar-refractivity contribution in [2.24, 2.45) is 5.41 Å². The van der Waals surface area contributed by atoms with E-state index >= 15 is 0 Å². The van der Waals surface area contributed by atoms with Crippen molar-refractivity contribution >= 4 is 5.97 Å². The first-order valence-corrected chi connectivity index (χ1v) is 10.1. The highest BCUT2D eigenvalue weighted by Crippen LogP contribution is 2.31. The van der Waals surface area contributed by atoms with E-state index in [9.17, 15) is 9.90 Å². The minimum atomic E-state index is -0.208. The van der Waals surface area contributed by atoms with Crippen LogP contribution < -0.4 is 0 Å². The Labute approximate surface area is 148 Å². The van der Waals surface area contributed by atoms with Gasteiger partial charge in [-0.2, -0.15) is 0 Å². The maximum Gasteiger partial charge on any atom is 0.305 e. The minimum absolute atomic E-state index is 0.0929. The number of aliphatic hydroxyl groups is 1. The van der Waals surface area contributed by atoms with Crippen molar-refractivity contribution < 1.29 is 14.6 Å². The van der Waals surface area contributed by atoms with Crippen LogP contribution in [-0.2, 0) is 9.53 Å². The van der Waals surface area contributed by atoms with Gasteiger partial charge in [-0.05, 0) is 39.4 Å². The Bertz CT molecular complexity index is 325. The first-order valence-electron chi connectivity index (χ1n) is 10.1. The van der Waals surface area contributed by atoms with E-state index in [1.807, 2.05) is 0 Å². The van der Waals surface area contributed by atoms with Crippen LogP contribution in [0.1, 0.15) is 84.0 Å². The van der Waals surface area contributed by atoms with Crippen LogP contribution in [0.25, 0.3) is 0 Å². The zero-order valence-corrected chi connectivity index (χ0v) is 16.0. The Morgan fingerprint density at radius 1 is 1.00 bits per heavy atom. The third-order valence-electron chi connectivity index (χ3n) is 5.41. The molecule has 1 aliphatic rings. The molecule has 0 unspecified atom stereocenters. The highest BCUT2D eigenvalue weighted by Gasteiger charge is 2.34. The van der Waals surface area contributed by atoms with E-state index in [1.165, 1.54) is 44.9 Å². The van der Waals surface area contributed by atoms with Gasteiger partial charge in [0.15, 0.2) is 0 Å². The predicted octanol–water partition coefficient (Wildman–Crippen LogP) is 4.15. The first-order chi connectivity index (χ1) is 11.6. The maximum absolute atomic E-state index is 11.9. The number of carbonyl (C=O) groups is 1. The number of carbonyl (C=O) groups excluding carboxylic acids is 1. The van der Waals surface area contributed by atoms with Crippen molar-refractivity contribution in [3.63, 3.8) is 0 Å². The molecule has 1 heterocycles. The second kappa shape index (κ2) is 12.7. The van der Waals surface area contributed by atoms with Gasteiger partial charge >= 0.3 is 5.97 Å². The Kier molecular flexibility index (Phi) is 11.4. The summed E-state index contributed by atoms with van der Waals surface area (Å²) in [6, 6.07) is 0. The summed E-state index contributed by atoms with van der Waals surface area (Å²) in [5.41, 5.74) is -0.208. The van der Waals surface area contributed by atoms with Crippen LogP contribution in [0, 0.1) is 5.41 Å². The molecule has 0 aromatic carbocycles. The van der Waals surface area contributed by atoms with E-state index in [0.29, 0.717) is 13.0 Å². The van der Waals surface area contributed by atoms with Gasteiger partial charge in [-0.15, -0.1) is 0 Å². The zero-order chi connectivity index (χ0) is 17.7. The molecule has 0 aromatic rings. The lowest BCUT2D eigenvalue weighted by Gasteiger charge is -2.38. The highest BCUT2D eigenvalue weighted by molar-refractivity contribution is 5.69. The molecule has 0 spiro atoms. The van der Waals surface area contributed by atoms with E-state index in [2.05, 4.69) is 18.9 Å². The third kappa shape index (κ3) is 9.03. The number of unbranched alkanes of at least 4 members (excludes halogenated alkanes) is 8. The van der Waals surface area contributed by atoms with Gasteiger partial charge in [-0.1, -0.05) is 58.3 Å². The molecule has 0 amide bonds. The van der Waals surface area contributed by atoms with Gasteiger partial charge < -0.3 is 14.7 Å². The van der Waals surface area contributed by atoms with E-state index in [-0.39, 0.29) is 18.0 Å². The minimum Gasteiger partial charge on any atom is -0.465 e. The number of rotatable bonds is 13. The number of hydrogen-bond donors (Lipinski definition) is 1. The second-order valence-electron chi connectivity index (χ2n) is 7.70. The predicted molar refractivity (Wildman–Crippen MR) is 99.1 cm³/mol. The van der Waals surface area contributed by atoms with E-state index in [4.69, 9.17) is 4.74 Å². The summed E-state index contributed by atoms with van der Waals surface area (Å²) < 4.78 is 5.47. The fraction of sp³-hybridized carbons (Fsp3) is 0.950. The van der Waals surface area contributed by atoms with Crippen molar-refractivity contribution in [1.29, 1.82) is 0 Å². The molecule has 1 N–H and O–H groups in total. The molecular formula is C20H39NO3. The summed E-state index contributed by atoms with van der Waals surface area (Å²) in [4.78, 5) is 14.2. The van der Waals surface area contributed by atoms with E-state index in [0.717, 1.165) is 38.8 Å². The summed E-state index contributed by atoms with van der Waals surface area (Å²) in [5, 5.41) is 9.68. The maximum atomic E-state index is 11.9. The van der Waals surface area contributed by atoms with Crippen LogP contribution >= 0.6 is 0 Å². The van der Waals surface area contributed by atoms with Crippen molar-refractivity contribution in [2.45, 2.75) is 84.0 Å². The highest BCUT2D eigenvalue weighted by atomic mass is 16.5. The molecule has 1 rings (SSSR count). The molecule has 4 nitrogen and oxygen atoms in total. The van der Waals surface area contributed by atoms with Crippen LogP contribution in [0.4, 0.5) is 0 Å². The van der Waals surface area contributed by atoms with Gasteiger partial charge in [0.05, 0.1) is 13.2 Å². The molecule has 0 bridgehead atoms. The SMILES string of the molecule is CCCCCCCCCCCC(=O)OCC1(CO)CCN(C)CC1. The van der Waals surface area contributed by atoms with E-state index < -0.39 is 0 Å². The number of ether oxygens (including phenoxy) is 1. The number of nitrogens with zero attached hydrogens (tertiary/aromatic N) is 1. The average molecular weight is 342 g/mol. The molecule has 142 valence electrons. The standard InChI is InChI=1S/C20H39NO3/c1-3-4-5-6-7-8-9-10-11-12-19(23)24-18-20(17-22)13-15-21(2)16-14-20/h22H,3-18H2,1-2H3. The Morgan fingerprint density at radius 3 is 2.08 bits per heavy atom. The van der Waals surface area contributed by atoms with Gasteiger partial charge in [-0.25, -0.2) is 0 Å². The molecule has 24 heavy (non-hydrogen) atoms. The molecule has 0 saturated carbocycles. The van der Waals surface area contributed by atoms with Crippen molar-refractivity contribution in [3.05, 3.63) is 0 Å². The van der Waals surface area contributed by atoms with Crippen molar-refractivity contribution in [2.75, 3.05) is 33.4 Å². The molecular weight excluding hydrogens is 302 g/mol. The molecule has 0 aliphatic carbocycles. The van der Waals surface area contributed by atoms with Gasteiger partial charge in [0.2, 0.25) is 0 Å². The van der Waals surface area contributed by atoms with Crippen LogP contribution in [-0.4, -0.2) is 49.3 Å². The largest absolute Gasteiger partial charge is 0.465 e. The van der Waals surface area contributed by atoms with Crippen molar-refractivity contribution in [3.8, 4) is 0 Å². The van der Waals surface area contributed by atoms with Gasteiger partial charge in [0.1, 0.15) is 0 Å². The van der Waals surface area contributed by atoms with Crippen molar-refractivity contribution in [1.82, 2.24) is 4.90 Å². The number of piperidine rings is 1. The summed E-state index contributed by atoms with van der Waals surface area (Å²) in [6.07, 6.45) is 13.6. The van der Waals surface area contributed by atoms with Gasteiger partial charge in [0.25, 0.3) is 0 Å². The molecule has 0 aromatic heterocycles. The lowest BCUT2D eigenvalue weighted by molar-refractivity contribution is -0.150. The normalized spacial score (nSPS) is 17.8. The summed E-state index contributed by atoms with van der Waals surface area (Å²) >= 11 is 0. The number of likely N-dealkylation sites (tertiary alicyclic amines) is 1. The fourth-order valence-corrected chi connectivity index (χ4v) is 3.33. The van der Waals surface area contributed by atoms with E-state index in [1.54, 1.807) is 0 Å². The smallest absolute Gasteiger partial charge is 0.305 e. The Balaban J connectivity index is 2.01. The Morgan fingerprint density at radius 2 is 1.54 bits per heavy atom. The topological polar surface area (TPSA) is 49.8 Å². The van der Waals surface area contributed by atoms with Gasteiger partial charge in [0, 0.05) is 11.8 Å². The lowest BCUT2D eigenvalue weighted by Crippen LogP contribution is -2.43. The quantitative estimate of drug-likeness (QED) is 0.404. The first kappa shape index (κ1) is 21.4. The van der Waals surface area contributed by atoms with Crippen LogP contribution in [0.2, 0.25) is 0 Å². The number of aliphatic hydroxyl groups excluding tert-OH is 1. The third-order valence-corrected chi connectivity index (χ3v) is 5.41. The molecule has 0 atom stereocenters. The molecule has 4 heteroatoms. The van der Waals surface area contributed by atoms with Crippen LogP contribution in [0.5, 0.6) is 0 Å². The monoisotopic (exact) mass is 341 g/mol. The fourth-order valence-electron chi connectivity index (χ4n) is 3.33. The summed E-state index contributed by atoms with van der Waals surface area (Å²) in [5.74, 6) is -0.0929. The molecule has 0 radical (unpaired) electrons.